The molecular formula is C38H30Cl2F6P2Pt+2. The SMILES string of the molecule is FC(F)(F)c1ccccc1[PH+](c1ccccc1)c1ccccc1.FC(F)(F)c1ccccc1[PH+](c1ccccc1)c1ccccc1.[Cl][Pt][Cl]. The molecule has 0 atom stereocenters. The molecule has 49 heavy (non-hydrogen) atoms. The molecule has 0 unspecified atom stereocenters. The maximum atomic E-state index is 13.5. The van der Waals surface area contributed by atoms with Crippen molar-refractivity contribution in [3.63, 3.8) is 0 Å². The van der Waals surface area contributed by atoms with Crippen LogP contribution in [0.15, 0.2) is 170 Å². The van der Waals surface area contributed by atoms with Gasteiger partial charge in [-0.1, -0.05) is 97.1 Å². The van der Waals surface area contributed by atoms with E-state index in [4.69, 9.17) is 18.8 Å². The molecule has 0 aliphatic carbocycles. The average Bonchev–Trinajstić information content (AvgIpc) is 3.11. The molecule has 0 saturated carbocycles. The van der Waals surface area contributed by atoms with Crippen LogP contribution < -0.4 is 31.8 Å². The number of benzene rings is 6. The van der Waals surface area contributed by atoms with Crippen LogP contribution in [0.5, 0.6) is 0 Å². The standard InChI is InChI=1S/2C19H14F3P.2ClH.Pt/c2*20-19(21,22)17-13-7-8-14-18(17)23(15-9-3-1-4-10-15)16-11-5-2-6-12-16;;;/h2*1-14H;2*1H;/q;;;;+2. The number of alkyl halides is 6. The van der Waals surface area contributed by atoms with E-state index in [-0.39, 0.29) is 0 Å². The first-order chi connectivity index (χ1) is 23.6. The van der Waals surface area contributed by atoms with Crippen LogP contribution in [-0.2, 0) is 28.8 Å². The molecule has 0 fully saturated rings. The van der Waals surface area contributed by atoms with E-state index in [9.17, 15) is 26.3 Å². The fraction of sp³-hybridized carbons (Fsp3) is 0.0526. The Bertz CT molecular complexity index is 1630. The Morgan fingerprint density at radius 1 is 0.347 bits per heavy atom. The van der Waals surface area contributed by atoms with Gasteiger partial charge in [-0.3, -0.25) is 0 Å². The fourth-order valence-electron chi connectivity index (χ4n) is 5.27. The molecule has 0 heterocycles. The first-order valence-corrected chi connectivity index (χ1v) is 23.3. The Morgan fingerprint density at radius 2 is 0.551 bits per heavy atom. The summed E-state index contributed by atoms with van der Waals surface area (Å²) in [6, 6.07) is 49.6. The first-order valence-electron chi connectivity index (χ1n) is 14.7. The van der Waals surface area contributed by atoms with Crippen LogP contribution in [0.2, 0.25) is 0 Å². The molecule has 256 valence electrons. The predicted molar refractivity (Wildman–Crippen MR) is 195 cm³/mol. The van der Waals surface area contributed by atoms with Crippen LogP contribution >= 0.6 is 34.7 Å². The van der Waals surface area contributed by atoms with Gasteiger partial charge in [-0.15, -0.1) is 0 Å². The van der Waals surface area contributed by atoms with E-state index >= 15 is 0 Å². The van der Waals surface area contributed by atoms with Crippen LogP contribution in [0, 0.1) is 0 Å². The summed E-state index contributed by atoms with van der Waals surface area (Å²) in [4.78, 5) is 0. The summed E-state index contributed by atoms with van der Waals surface area (Å²) < 4.78 is 80.7. The molecule has 6 rings (SSSR count). The summed E-state index contributed by atoms with van der Waals surface area (Å²) in [7, 11) is 6.33. The van der Waals surface area contributed by atoms with Gasteiger partial charge in [0.1, 0.15) is 31.8 Å². The van der Waals surface area contributed by atoms with Gasteiger partial charge >= 0.3 is 47.7 Å². The molecule has 0 aliphatic rings. The van der Waals surface area contributed by atoms with Gasteiger partial charge in [0.05, 0.1) is 27.0 Å². The molecule has 0 amide bonds. The zero-order valence-corrected chi connectivity index (χ0v) is 31.3. The van der Waals surface area contributed by atoms with Crippen molar-refractivity contribution >= 4 is 66.5 Å². The van der Waals surface area contributed by atoms with Gasteiger partial charge in [-0.2, -0.15) is 26.3 Å². The van der Waals surface area contributed by atoms with Crippen LogP contribution in [0.25, 0.3) is 0 Å². The van der Waals surface area contributed by atoms with Gasteiger partial charge in [0.25, 0.3) is 0 Å². The van der Waals surface area contributed by atoms with Crippen molar-refractivity contribution in [2.45, 2.75) is 12.4 Å². The molecule has 0 aromatic heterocycles. The second kappa shape index (κ2) is 18.9. The van der Waals surface area contributed by atoms with Crippen LogP contribution in [0.4, 0.5) is 26.3 Å². The van der Waals surface area contributed by atoms with Gasteiger partial charge < -0.3 is 0 Å². The van der Waals surface area contributed by atoms with Gasteiger partial charge in [0.15, 0.2) is 0 Å². The fourth-order valence-corrected chi connectivity index (χ4v) is 10.8. The summed E-state index contributed by atoms with van der Waals surface area (Å²) >= 11 is -0.472. The summed E-state index contributed by atoms with van der Waals surface area (Å²) in [5, 5.41) is 4.53. The maximum absolute atomic E-state index is 13.5. The second-order valence-corrected chi connectivity index (χ2v) is 18.5. The zero-order valence-electron chi connectivity index (χ0n) is 25.5. The Hall–Kier alpha value is -2.97. The van der Waals surface area contributed by atoms with Gasteiger partial charge in [0, 0.05) is 0 Å². The zero-order chi connectivity index (χ0) is 35.3. The summed E-state index contributed by atoms with van der Waals surface area (Å²) in [5.41, 5.74) is -1.08. The molecule has 0 saturated heterocycles. The molecular weight excluding hydrogens is 898 g/mol. The molecule has 0 spiro atoms. The van der Waals surface area contributed by atoms with E-state index in [1.807, 2.05) is 121 Å². The third-order valence-electron chi connectivity index (χ3n) is 7.25. The Kier molecular flexibility index (Phi) is 14.9. The summed E-state index contributed by atoms with van der Waals surface area (Å²) in [5.74, 6) is 0. The van der Waals surface area contributed by atoms with Crippen molar-refractivity contribution in [3.05, 3.63) is 181 Å². The first kappa shape index (κ1) is 38.8. The van der Waals surface area contributed by atoms with E-state index in [2.05, 4.69) is 0 Å². The Balaban J connectivity index is 0.000000205. The van der Waals surface area contributed by atoms with Crippen molar-refractivity contribution in [1.29, 1.82) is 0 Å². The molecule has 0 bridgehead atoms. The molecule has 0 radical (unpaired) electrons. The predicted octanol–water partition coefficient (Wildman–Crippen LogP) is 9.77. The van der Waals surface area contributed by atoms with Gasteiger partial charge in [0.2, 0.25) is 0 Å². The van der Waals surface area contributed by atoms with Crippen molar-refractivity contribution in [1.82, 2.24) is 0 Å². The molecule has 0 aliphatic heterocycles. The van der Waals surface area contributed by atoms with Crippen LogP contribution in [-0.4, -0.2) is 0 Å². The van der Waals surface area contributed by atoms with E-state index < -0.39 is 55.8 Å². The van der Waals surface area contributed by atoms with Crippen molar-refractivity contribution in [2.24, 2.45) is 0 Å². The number of halogens is 8. The third-order valence-corrected chi connectivity index (χ3v) is 12.8. The molecule has 0 nitrogen and oxygen atoms in total. The molecule has 6 aromatic rings. The third kappa shape index (κ3) is 11.0. The molecule has 6 aromatic carbocycles. The van der Waals surface area contributed by atoms with Crippen LogP contribution in [0.3, 0.4) is 0 Å². The van der Waals surface area contributed by atoms with E-state index in [1.165, 1.54) is 24.3 Å². The van der Waals surface area contributed by atoms with Crippen molar-refractivity contribution in [3.8, 4) is 0 Å². The molecule has 0 N–H and O–H groups in total. The normalized spacial score (nSPS) is 11.4. The van der Waals surface area contributed by atoms with Crippen molar-refractivity contribution < 1.29 is 42.8 Å². The number of rotatable bonds is 6. The average molecular weight is 929 g/mol. The minimum absolute atomic E-state index is 0.377. The quantitative estimate of drug-likeness (QED) is 0.115. The van der Waals surface area contributed by atoms with E-state index in [0.29, 0.717) is 10.6 Å². The molecule has 11 heteroatoms. The number of hydrogen-bond acceptors (Lipinski definition) is 0. The summed E-state index contributed by atoms with van der Waals surface area (Å²) in [6.07, 6.45) is -8.70. The van der Waals surface area contributed by atoms with E-state index in [0.717, 1.165) is 21.2 Å². The van der Waals surface area contributed by atoms with E-state index in [1.54, 1.807) is 24.3 Å². The Morgan fingerprint density at radius 3 is 0.776 bits per heavy atom. The monoisotopic (exact) mass is 927 g/mol. The second-order valence-electron chi connectivity index (χ2n) is 10.3. The van der Waals surface area contributed by atoms with Gasteiger partial charge in [-0.05, 0) is 72.8 Å². The Labute approximate surface area is 301 Å². The van der Waals surface area contributed by atoms with Gasteiger partial charge in [-0.25, -0.2) is 0 Å². The summed E-state index contributed by atoms with van der Waals surface area (Å²) in [6.45, 7) is 0. The van der Waals surface area contributed by atoms with Crippen LogP contribution in [0.1, 0.15) is 11.1 Å². The minimum atomic E-state index is -4.35. The van der Waals surface area contributed by atoms with Crippen molar-refractivity contribution in [2.75, 3.05) is 0 Å². The topological polar surface area (TPSA) is 0 Å². The number of hydrogen-bond donors (Lipinski definition) is 0.